The lowest BCUT2D eigenvalue weighted by atomic mass is 10.0. The zero-order chi connectivity index (χ0) is 36.4. The van der Waals surface area contributed by atoms with Crippen LogP contribution < -0.4 is 26.1 Å². The lowest BCUT2D eigenvalue weighted by Gasteiger charge is -2.32. The van der Waals surface area contributed by atoms with E-state index in [2.05, 4.69) is 91.8 Å². The fourth-order valence-electron chi connectivity index (χ4n) is 6.97. The summed E-state index contributed by atoms with van der Waals surface area (Å²) in [6.07, 6.45) is 4.54. The van der Waals surface area contributed by atoms with E-state index in [4.69, 9.17) is 0 Å². The van der Waals surface area contributed by atoms with Crippen LogP contribution in [0, 0.1) is 0 Å². The monoisotopic (exact) mass is 726 g/mol. The molecule has 9 nitrogen and oxygen atoms in total. The minimum Gasteiger partial charge on any atom is -0.506 e. The SMILES string of the molecule is O=C(Nc1ccccc1-c1ccccc1)NC1CCN(CCc2cccc(Nc3ccc(CCNCCc4ccc(O)c5[nH]c(=O)sc45)cc3)c2)CC1. The number of carbonyl (C=O) groups is 1. The smallest absolute Gasteiger partial charge is 0.319 e. The van der Waals surface area contributed by atoms with Crippen molar-refractivity contribution in [3.8, 4) is 16.9 Å². The Bertz CT molecular complexity index is 2170. The molecular formula is C43H46N6O3S. The topological polar surface area (TPSA) is 122 Å². The van der Waals surface area contributed by atoms with Gasteiger partial charge in [0.2, 0.25) is 0 Å². The zero-order valence-electron chi connectivity index (χ0n) is 29.7. The van der Waals surface area contributed by atoms with Crippen LogP contribution in [0.2, 0.25) is 0 Å². The van der Waals surface area contributed by atoms with Gasteiger partial charge in [0.05, 0.1) is 10.4 Å². The summed E-state index contributed by atoms with van der Waals surface area (Å²) in [5.41, 5.74) is 9.20. The Morgan fingerprint density at radius 3 is 2.40 bits per heavy atom. The molecule has 2 amide bonds. The summed E-state index contributed by atoms with van der Waals surface area (Å²) >= 11 is 1.15. The van der Waals surface area contributed by atoms with Gasteiger partial charge in [-0.05, 0) is 104 Å². The van der Waals surface area contributed by atoms with Crippen molar-refractivity contribution in [2.75, 3.05) is 43.4 Å². The summed E-state index contributed by atoms with van der Waals surface area (Å²) in [5.74, 6) is 0.115. The second-order valence-corrected chi connectivity index (χ2v) is 14.6. The van der Waals surface area contributed by atoms with Gasteiger partial charge in [0.15, 0.2) is 0 Å². The highest BCUT2D eigenvalue weighted by atomic mass is 32.1. The fraction of sp³-hybridized carbons (Fsp3) is 0.256. The molecule has 2 heterocycles. The van der Waals surface area contributed by atoms with Crippen LogP contribution in [0.4, 0.5) is 21.9 Å². The number of phenolic OH excluding ortho intramolecular Hbond substituents is 1. The molecule has 53 heavy (non-hydrogen) atoms. The minimum atomic E-state index is -0.151. The van der Waals surface area contributed by atoms with E-state index >= 15 is 0 Å². The highest BCUT2D eigenvalue weighted by Crippen LogP contribution is 2.29. The van der Waals surface area contributed by atoms with Gasteiger partial charge in [-0.25, -0.2) is 4.79 Å². The second-order valence-electron chi connectivity index (χ2n) is 13.6. The van der Waals surface area contributed by atoms with Crippen molar-refractivity contribution in [1.82, 2.24) is 20.5 Å². The number of hydrogen-bond donors (Lipinski definition) is 6. The molecule has 1 aliphatic heterocycles. The van der Waals surface area contributed by atoms with Gasteiger partial charge in [0, 0.05) is 42.6 Å². The number of anilines is 3. The van der Waals surface area contributed by atoms with Crippen LogP contribution in [0.25, 0.3) is 21.3 Å². The van der Waals surface area contributed by atoms with Crippen LogP contribution in [0.3, 0.4) is 0 Å². The van der Waals surface area contributed by atoms with E-state index in [1.165, 1.54) is 11.1 Å². The first-order valence-corrected chi connectivity index (χ1v) is 19.2. The number of aromatic amines is 1. The number of aromatic hydroxyl groups is 1. The summed E-state index contributed by atoms with van der Waals surface area (Å²) in [6.45, 7) is 4.56. The van der Waals surface area contributed by atoms with E-state index in [9.17, 15) is 14.7 Å². The number of aromatic nitrogens is 1. The number of carbonyl (C=O) groups excluding carboxylic acids is 1. The highest BCUT2D eigenvalue weighted by molar-refractivity contribution is 7.16. The molecule has 10 heteroatoms. The molecule has 0 saturated carbocycles. The Kier molecular flexibility index (Phi) is 11.8. The number of hydrogen-bond acceptors (Lipinski definition) is 7. The lowest BCUT2D eigenvalue weighted by Crippen LogP contribution is -2.46. The van der Waals surface area contributed by atoms with Gasteiger partial charge in [-0.15, -0.1) is 0 Å². The van der Waals surface area contributed by atoms with Crippen molar-refractivity contribution in [2.45, 2.75) is 38.1 Å². The summed E-state index contributed by atoms with van der Waals surface area (Å²) in [7, 11) is 0. The van der Waals surface area contributed by atoms with E-state index in [1.807, 2.05) is 48.5 Å². The molecule has 6 N–H and O–H groups in total. The summed E-state index contributed by atoms with van der Waals surface area (Å²) in [6, 6.07) is 38.8. The third-order valence-electron chi connectivity index (χ3n) is 9.87. The largest absolute Gasteiger partial charge is 0.506 e. The van der Waals surface area contributed by atoms with Crippen LogP contribution in [-0.2, 0) is 19.3 Å². The third-order valence-corrected chi connectivity index (χ3v) is 10.8. The Hall–Kier alpha value is -5.42. The number of amides is 2. The Morgan fingerprint density at radius 1 is 0.792 bits per heavy atom. The number of nitrogens with zero attached hydrogens (tertiary/aromatic N) is 1. The molecule has 1 aromatic heterocycles. The van der Waals surface area contributed by atoms with Crippen molar-refractivity contribution >= 4 is 44.6 Å². The van der Waals surface area contributed by atoms with Crippen molar-refractivity contribution < 1.29 is 9.90 Å². The molecular weight excluding hydrogens is 681 g/mol. The number of piperidine rings is 1. The number of para-hydroxylation sites is 1. The predicted molar refractivity (Wildman–Crippen MR) is 218 cm³/mol. The van der Waals surface area contributed by atoms with Crippen LogP contribution >= 0.6 is 11.3 Å². The molecule has 7 rings (SSSR count). The molecule has 1 aliphatic rings. The number of fused-ring (bicyclic) bond motifs is 1. The Balaban J connectivity index is 0.805. The predicted octanol–water partition coefficient (Wildman–Crippen LogP) is 7.91. The van der Waals surface area contributed by atoms with Crippen LogP contribution in [-0.4, -0.2) is 59.8 Å². The average Bonchev–Trinajstić information content (AvgIpc) is 3.59. The minimum absolute atomic E-state index is 0.115. The first-order valence-electron chi connectivity index (χ1n) is 18.4. The molecule has 0 bridgehead atoms. The number of thiazole rings is 1. The Labute approximate surface area is 314 Å². The lowest BCUT2D eigenvalue weighted by molar-refractivity contribution is 0.197. The molecule has 5 aromatic carbocycles. The van der Waals surface area contributed by atoms with Gasteiger partial charge in [-0.1, -0.05) is 90.2 Å². The van der Waals surface area contributed by atoms with Gasteiger partial charge in [-0.3, -0.25) is 4.79 Å². The molecule has 6 aromatic rings. The maximum Gasteiger partial charge on any atom is 0.319 e. The van der Waals surface area contributed by atoms with Crippen LogP contribution in [0.5, 0.6) is 5.75 Å². The van der Waals surface area contributed by atoms with E-state index in [0.29, 0.717) is 5.52 Å². The van der Waals surface area contributed by atoms with Gasteiger partial charge in [0.1, 0.15) is 11.3 Å². The van der Waals surface area contributed by atoms with Gasteiger partial charge < -0.3 is 36.3 Å². The number of H-pyrrole nitrogens is 1. The van der Waals surface area contributed by atoms with Gasteiger partial charge in [0.25, 0.3) is 0 Å². The number of rotatable bonds is 14. The normalized spacial score (nSPS) is 13.6. The average molecular weight is 727 g/mol. The number of phenols is 1. The fourth-order valence-corrected chi connectivity index (χ4v) is 7.87. The molecule has 0 radical (unpaired) electrons. The highest BCUT2D eigenvalue weighted by Gasteiger charge is 2.21. The first kappa shape index (κ1) is 36.0. The van der Waals surface area contributed by atoms with Crippen LogP contribution in [0.1, 0.15) is 29.5 Å². The zero-order valence-corrected chi connectivity index (χ0v) is 30.6. The standard InChI is InChI=1S/C43H46N6O3S/c50-39-18-15-33(41-40(39)48-43(52)53-41)20-25-44-24-19-30-13-16-34(17-14-30)45-36-10-6-7-31(29-36)21-26-49-27-22-35(23-28-49)46-42(51)47-38-12-5-4-11-37(38)32-8-2-1-3-9-32/h1-18,29,35,44-45,50H,19-28H2,(H,48,52)(H2,46,47,51). The molecule has 1 saturated heterocycles. The summed E-state index contributed by atoms with van der Waals surface area (Å²) < 4.78 is 0.834. The van der Waals surface area contributed by atoms with E-state index < -0.39 is 0 Å². The van der Waals surface area contributed by atoms with Crippen molar-refractivity contribution in [1.29, 1.82) is 0 Å². The number of benzene rings is 5. The maximum atomic E-state index is 12.9. The third kappa shape index (κ3) is 9.72. The van der Waals surface area contributed by atoms with E-state index in [-0.39, 0.29) is 22.7 Å². The Morgan fingerprint density at radius 2 is 1.57 bits per heavy atom. The number of urea groups is 1. The number of nitrogens with one attached hydrogen (secondary N) is 5. The van der Waals surface area contributed by atoms with Crippen LogP contribution in [0.15, 0.2) is 120 Å². The summed E-state index contributed by atoms with van der Waals surface area (Å²) in [4.78, 5) is 29.8. The van der Waals surface area contributed by atoms with E-state index in [0.717, 1.165) is 115 Å². The first-order chi connectivity index (χ1) is 26.0. The quantitative estimate of drug-likeness (QED) is 0.0635. The van der Waals surface area contributed by atoms with Gasteiger partial charge >= 0.3 is 10.9 Å². The molecule has 1 fully saturated rings. The molecule has 0 aliphatic carbocycles. The van der Waals surface area contributed by atoms with Gasteiger partial charge in [-0.2, -0.15) is 0 Å². The molecule has 0 atom stereocenters. The maximum absolute atomic E-state index is 12.9. The van der Waals surface area contributed by atoms with Crippen molar-refractivity contribution in [2.24, 2.45) is 0 Å². The van der Waals surface area contributed by atoms with Crippen molar-refractivity contribution in [3.05, 3.63) is 142 Å². The summed E-state index contributed by atoms with van der Waals surface area (Å²) in [5, 5.41) is 23.4. The molecule has 0 spiro atoms. The molecule has 0 unspecified atom stereocenters. The van der Waals surface area contributed by atoms with Crippen molar-refractivity contribution in [3.63, 3.8) is 0 Å². The number of likely N-dealkylation sites (tertiary alicyclic amines) is 1. The second kappa shape index (κ2) is 17.4. The molecule has 272 valence electrons. The van der Waals surface area contributed by atoms with E-state index in [1.54, 1.807) is 6.07 Å².